The molecule has 132 valence electrons. The lowest BCUT2D eigenvalue weighted by Crippen LogP contribution is -2.27. The van der Waals surface area contributed by atoms with Gasteiger partial charge in [-0.3, -0.25) is 15.4 Å². The minimum absolute atomic E-state index is 0.0904. The van der Waals surface area contributed by atoms with Crippen LogP contribution < -0.4 is 10.1 Å². The molecule has 1 N–H and O–H groups in total. The second-order valence-electron chi connectivity index (χ2n) is 5.98. The fourth-order valence-electron chi connectivity index (χ4n) is 1.76. The van der Waals surface area contributed by atoms with E-state index in [2.05, 4.69) is 10.3 Å². The van der Waals surface area contributed by atoms with Gasteiger partial charge >= 0.3 is 6.09 Å². The van der Waals surface area contributed by atoms with Crippen molar-refractivity contribution < 1.29 is 19.2 Å². The highest BCUT2D eigenvalue weighted by Gasteiger charge is 2.17. The standard InChI is InChI=1S/C16H16ClN3O5/c1-16(2,3)25-15(21)19-14-9-11(6-7-18-14)24-13-5-4-10(20(22)23)8-12(13)17/h4-9H,1-3H3,(H,18,19,21). The number of nitrogens with zero attached hydrogens (tertiary/aromatic N) is 2. The molecule has 0 spiro atoms. The van der Waals surface area contributed by atoms with Gasteiger partial charge in [-0.25, -0.2) is 9.78 Å². The minimum Gasteiger partial charge on any atom is -0.456 e. The summed E-state index contributed by atoms with van der Waals surface area (Å²) >= 11 is 5.99. The van der Waals surface area contributed by atoms with Gasteiger partial charge in [-0.05, 0) is 32.9 Å². The highest BCUT2D eigenvalue weighted by Crippen LogP contribution is 2.32. The number of benzene rings is 1. The molecule has 0 saturated heterocycles. The van der Waals surface area contributed by atoms with Gasteiger partial charge in [0.1, 0.15) is 22.9 Å². The number of nitro groups is 1. The van der Waals surface area contributed by atoms with Gasteiger partial charge in [0.2, 0.25) is 0 Å². The molecule has 0 radical (unpaired) electrons. The van der Waals surface area contributed by atoms with Crippen molar-refractivity contribution in [2.45, 2.75) is 26.4 Å². The van der Waals surface area contributed by atoms with Crippen LogP contribution >= 0.6 is 11.6 Å². The van der Waals surface area contributed by atoms with E-state index in [0.717, 1.165) is 0 Å². The van der Waals surface area contributed by atoms with Crippen LogP contribution in [0.15, 0.2) is 36.5 Å². The first-order chi connectivity index (χ1) is 11.6. The number of carbonyl (C=O) groups excluding carboxylic acids is 1. The zero-order chi connectivity index (χ0) is 18.6. The fraction of sp³-hybridized carbons (Fsp3) is 0.250. The molecule has 9 heteroatoms. The number of halogens is 1. The number of carbonyl (C=O) groups is 1. The summed E-state index contributed by atoms with van der Waals surface area (Å²) in [4.78, 5) is 25.9. The quantitative estimate of drug-likeness (QED) is 0.617. The van der Waals surface area contributed by atoms with Crippen molar-refractivity contribution in [2.24, 2.45) is 0 Å². The summed E-state index contributed by atoms with van der Waals surface area (Å²) in [6.07, 6.45) is 0.784. The highest BCUT2D eigenvalue weighted by molar-refractivity contribution is 6.32. The minimum atomic E-state index is -0.648. The summed E-state index contributed by atoms with van der Waals surface area (Å²) in [5.41, 5.74) is -0.774. The van der Waals surface area contributed by atoms with Crippen LogP contribution in [-0.4, -0.2) is 21.6 Å². The van der Waals surface area contributed by atoms with Crippen LogP contribution in [0.25, 0.3) is 0 Å². The van der Waals surface area contributed by atoms with Crippen molar-refractivity contribution in [3.05, 3.63) is 51.7 Å². The van der Waals surface area contributed by atoms with Crippen molar-refractivity contribution in [2.75, 3.05) is 5.32 Å². The molecule has 1 heterocycles. The Bertz CT molecular complexity index is 805. The van der Waals surface area contributed by atoms with E-state index in [-0.39, 0.29) is 22.3 Å². The number of aromatic nitrogens is 1. The predicted molar refractivity (Wildman–Crippen MR) is 92.3 cm³/mol. The first-order valence-corrected chi connectivity index (χ1v) is 7.60. The van der Waals surface area contributed by atoms with Crippen LogP contribution in [0.4, 0.5) is 16.3 Å². The second-order valence-corrected chi connectivity index (χ2v) is 6.38. The van der Waals surface area contributed by atoms with Crippen molar-refractivity contribution in [3.8, 4) is 11.5 Å². The third-order valence-corrected chi connectivity index (χ3v) is 3.01. The molecule has 2 aromatic rings. The molecule has 8 nitrogen and oxygen atoms in total. The molecule has 0 unspecified atom stereocenters. The topological polar surface area (TPSA) is 104 Å². The molecule has 1 amide bonds. The first-order valence-electron chi connectivity index (χ1n) is 7.22. The summed E-state index contributed by atoms with van der Waals surface area (Å²) in [6.45, 7) is 5.24. The highest BCUT2D eigenvalue weighted by atomic mass is 35.5. The summed E-state index contributed by atoms with van der Waals surface area (Å²) in [7, 11) is 0. The molecule has 0 bridgehead atoms. The second kappa shape index (κ2) is 7.35. The van der Waals surface area contributed by atoms with Crippen molar-refractivity contribution in [1.29, 1.82) is 0 Å². The molecule has 0 aliphatic carbocycles. The zero-order valence-corrected chi connectivity index (χ0v) is 14.5. The normalized spacial score (nSPS) is 10.9. The number of pyridine rings is 1. The van der Waals surface area contributed by atoms with Gasteiger partial charge in [0, 0.05) is 24.4 Å². The summed E-state index contributed by atoms with van der Waals surface area (Å²) in [5.74, 6) is 0.809. The van der Waals surface area contributed by atoms with Crippen LogP contribution in [0, 0.1) is 10.1 Å². The van der Waals surface area contributed by atoms with Crippen molar-refractivity contribution in [1.82, 2.24) is 4.98 Å². The lowest BCUT2D eigenvalue weighted by atomic mass is 10.2. The third-order valence-electron chi connectivity index (χ3n) is 2.71. The molecule has 0 saturated carbocycles. The van der Waals surface area contributed by atoms with Crippen LogP contribution in [0.3, 0.4) is 0 Å². The largest absolute Gasteiger partial charge is 0.456 e. The molecule has 1 aromatic heterocycles. The molecular formula is C16H16ClN3O5. The number of rotatable bonds is 4. The molecule has 0 fully saturated rings. The molecule has 0 aliphatic heterocycles. The molecule has 1 aromatic carbocycles. The third kappa shape index (κ3) is 5.61. The van der Waals surface area contributed by atoms with Crippen LogP contribution in [0.1, 0.15) is 20.8 Å². The smallest absolute Gasteiger partial charge is 0.413 e. The average Bonchev–Trinajstić information content (AvgIpc) is 2.47. The number of anilines is 1. The lowest BCUT2D eigenvalue weighted by molar-refractivity contribution is -0.384. The van der Waals surface area contributed by atoms with E-state index >= 15 is 0 Å². The Kier molecular flexibility index (Phi) is 5.43. The van der Waals surface area contributed by atoms with Gasteiger partial charge < -0.3 is 9.47 Å². The number of non-ortho nitro benzene ring substituents is 1. The molecular weight excluding hydrogens is 350 g/mol. The maximum atomic E-state index is 11.8. The van der Waals surface area contributed by atoms with E-state index in [1.54, 1.807) is 26.8 Å². The van der Waals surface area contributed by atoms with Gasteiger partial charge in [-0.15, -0.1) is 0 Å². The van der Waals surface area contributed by atoms with Gasteiger partial charge in [0.05, 0.1) is 9.95 Å². The summed E-state index contributed by atoms with van der Waals surface area (Å²) in [5, 5.41) is 13.3. The molecule has 25 heavy (non-hydrogen) atoms. The van der Waals surface area contributed by atoms with Gasteiger partial charge in [-0.2, -0.15) is 0 Å². The maximum absolute atomic E-state index is 11.8. The van der Waals surface area contributed by atoms with Crippen LogP contribution in [0.5, 0.6) is 11.5 Å². The zero-order valence-electron chi connectivity index (χ0n) is 13.8. The number of nitrogens with one attached hydrogen (secondary N) is 1. The first kappa shape index (κ1) is 18.5. The van der Waals surface area contributed by atoms with Crippen LogP contribution in [0.2, 0.25) is 5.02 Å². The van der Waals surface area contributed by atoms with Gasteiger partial charge in [0.15, 0.2) is 0 Å². The number of amides is 1. The Labute approximate surface area is 148 Å². The average molecular weight is 366 g/mol. The summed E-state index contributed by atoms with van der Waals surface area (Å²) < 4.78 is 10.7. The Morgan fingerprint density at radius 3 is 2.60 bits per heavy atom. The van der Waals surface area contributed by atoms with E-state index in [4.69, 9.17) is 21.1 Å². The molecule has 2 rings (SSSR count). The van der Waals surface area contributed by atoms with E-state index in [1.165, 1.54) is 30.5 Å². The molecule has 0 atom stereocenters. The summed E-state index contributed by atoms with van der Waals surface area (Å²) in [6, 6.07) is 6.89. The lowest BCUT2D eigenvalue weighted by Gasteiger charge is -2.19. The maximum Gasteiger partial charge on any atom is 0.413 e. The number of ether oxygens (including phenoxy) is 2. The number of hydrogen-bond donors (Lipinski definition) is 1. The van der Waals surface area contributed by atoms with E-state index in [1.807, 2.05) is 0 Å². The number of hydrogen-bond acceptors (Lipinski definition) is 6. The molecule has 0 aliphatic rings. The van der Waals surface area contributed by atoms with E-state index < -0.39 is 16.6 Å². The van der Waals surface area contributed by atoms with E-state index in [0.29, 0.717) is 5.75 Å². The Balaban J connectivity index is 2.11. The Hall–Kier alpha value is -2.87. The monoisotopic (exact) mass is 365 g/mol. The van der Waals surface area contributed by atoms with Crippen molar-refractivity contribution >= 4 is 29.2 Å². The Morgan fingerprint density at radius 1 is 1.28 bits per heavy atom. The fourth-order valence-corrected chi connectivity index (χ4v) is 1.98. The van der Waals surface area contributed by atoms with E-state index in [9.17, 15) is 14.9 Å². The SMILES string of the molecule is CC(C)(C)OC(=O)Nc1cc(Oc2ccc([N+](=O)[O-])cc2Cl)ccn1. The Morgan fingerprint density at radius 2 is 2.00 bits per heavy atom. The van der Waals surface area contributed by atoms with Gasteiger partial charge in [-0.1, -0.05) is 11.6 Å². The van der Waals surface area contributed by atoms with Crippen LogP contribution in [-0.2, 0) is 4.74 Å². The number of nitro benzene ring substituents is 1. The van der Waals surface area contributed by atoms with Gasteiger partial charge in [0.25, 0.3) is 5.69 Å². The predicted octanol–water partition coefficient (Wildman–Crippen LogP) is 4.78. The van der Waals surface area contributed by atoms with Crippen molar-refractivity contribution in [3.63, 3.8) is 0 Å².